The zero-order chi connectivity index (χ0) is 19.1. The number of carbonyl (C=O) groups excluding carboxylic acids is 1. The van der Waals surface area contributed by atoms with Gasteiger partial charge in [0.1, 0.15) is 12.4 Å². The Kier molecular flexibility index (Phi) is 6.10. The molecule has 0 saturated heterocycles. The molecule has 27 heavy (non-hydrogen) atoms. The van der Waals surface area contributed by atoms with Crippen molar-refractivity contribution in [3.8, 4) is 5.75 Å². The number of hydrogen-bond donors (Lipinski definition) is 2. The lowest BCUT2D eigenvalue weighted by molar-refractivity contribution is -0.114. The van der Waals surface area contributed by atoms with E-state index in [-0.39, 0.29) is 12.5 Å². The second-order valence-electron chi connectivity index (χ2n) is 6.47. The van der Waals surface area contributed by atoms with Crippen LogP contribution in [0.15, 0.2) is 72.8 Å². The lowest BCUT2D eigenvalue weighted by Gasteiger charge is -2.13. The normalized spacial score (nSPS) is 10.3. The molecular formula is C23H24N2O2. The standard InChI is InChI=1S/C23H24N2O2/c1-17-8-6-9-18(2)23(17)25-22(26)15-24-20-12-7-13-21(14-20)27-16-19-10-4-3-5-11-19/h3-14,24H,15-16H2,1-2H3,(H,25,26). The van der Waals surface area contributed by atoms with Gasteiger partial charge in [0.25, 0.3) is 0 Å². The van der Waals surface area contributed by atoms with E-state index in [0.29, 0.717) is 6.61 Å². The van der Waals surface area contributed by atoms with E-state index in [4.69, 9.17) is 4.74 Å². The molecule has 0 bridgehead atoms. The maximum Gasteiger partial charge on any atom is 0.243 e. The summed E-state index contributed by atoms with van der Waals surface area (Å²) in [6.45, 7) is 4.68. The largest absolute Gasteiger partial charge is 0.489 e. The summed E-state index contributed by atoms with van der Waals surface area (Å²) in [7, 11) is 0. The van der Waals surface area contributed by atoms with Crippen molar-refractivity contribution < 1.29 is 9.53 Å². The fourth-order valence-corrected chi connectivity index (χ4v) is 2.81. The first-order valence-corrected chi connectivity index (χ1v) is 8.98. The third-order valence-electron chi connectivity index (χ3n) is 4.28. The summed E-state index contributed by atoms with van der Waals surface area (Å²) >= 11 is 0. The van der Waals surface area contributed by atoms with Crippen molar-refractivity contribution in [3.05, 3.63) is 89.5 Å². The highest BCUT2D eigenvalue weighted by Crippen LogP contribution is 2.20. The van der Waals surface area contributed by atoms with Crippen LogP contribution >= 0.6 is 0 Å². The van der Waals surface area contributed by atoms with Crippen LogP contribution < -0.4 is 15.4 Å². The molecule has 3 aromatic rings. The van der Waals surface area contributed by atoms with Gasteiger partial charge in [-0.25, -0.2) is 0 Å². The van der Waals surface area contributed by atoms with Crippen LogP contribution in [0.2, 0.25) is 0 Å². The van der Waals surface area contributed by atoms with Crippen molar-refractivity contribution in [1.29, 1.82) is 0 Å². The molecule has 0 fully saturated rings. The Morgan fingerprint density at radius 2 is 1.59 bits per heavy atom. The van der Waals surface area contributed by atoms with Crippen molar-refractivity contribution in [1.82, 2.24) is 0 Å². The number of amides is 1. The van der Waals surface area contributed by atoms with E-state index < -0.39 is 0 Å². The zero-order valence-corrected chi connectivity index (χ0v) is 15.7. The zero-order valence-electron chi connectivity index (χ0n) is 15.7. The van der Waals surface area contributed by atoms with Gasteiger partial charge >= 0.3 is 0 Å². The second kappa shape index (κ2) is 8.90. The first-order valence-electron chi connectivity index (χ1n) is 8.98. The number of hydrogen-bond acceptors (Lipinski definition) is 3. The molecule has 1 amide bonds. The maximum atomic E-state index is 12.3. The van der Waals surface area contributed by atoms with Gasteiger partial charge < -0.3 is 15.4 Å². The van der Waals surface area contributed by atoms with E-state index in [2.05, 4.69) is 10.6 Å². The van der Waals surface area contributed by atoms with E-state index in [1.54, 1.807) is 0 Å². The average molecular weight is 360 g/mol. The first-order chi connectivity index (χ1) is 13.1. The molecule has 0 radical (unpaired) electrons. The molecule has 2 N–H and O–H groups in total. The molecular weight excluding hydrogens is 336 g/mol. The van der Waals surface area contributed by atoms with Crippen molar-refractivity contribution >= 4 is 17.3 Å². The number of anilines is 2. The number of rotatable bonds is 7. The molecule has 0 heterocycles. The topological polar surface area (TPSA) is 50.4 Å². The molecule has 0 aliphatic rings. The molecule has 4 heteroatoms. The smallest absolute Gasteiger partial charge is 0.243 e. The number of ether oxygens (including phenoxy) is 1. The summed E-state index contributed by atoms with van der Waals surface area (Å²) in [5.41, 5.74) is 4.95. The van der Waals surface area contributed by atoms with Gasteiger partial charge in [-0.3, -0.25) is 4.79 Å². The number of benzene rings is 3. The summed E-state index contributed by atoms with van der Waals surface area (Å²) < 4.78 is 5.83. The molecule has 4 nitrogen and oxygen atoms in total. The van der Waals surface area contributed by atoms with Crippen LogP contribution in [-0.2, 0) is 11.4 Å². The third kappa shape index (κ3) is 5.35. The van der Waals surface area contributed by atoms with E-state index in [0.717, 1.165) is 33.8 Å². The highest BCUT2D eigenvalue weighted by molar-refractivity contribution is 5.95. The summed E-state index contributed by atoms with van der Waals surface area (Å²) in [6, 6.07) is 23.6. The van der Waals surface area contributed by atoms with Crippen LogP contribution in [0.5, 0.6) is 5.75 Å². The Morgan fingerprint density at radius 1 is 0.889 bits per heavy atom. The Labute approximate surface area is 160 Å². The summed E-state index contributed by atoms with van der Waals surface area (Å²) in [5.74, 6) is 0.682. The summed E-state index contributed by atoms with van der Waals surface area (Å²) in [6.07, 6.45) is 0. The Morgan fingerprint density at radius 3 is 2.33 bits per heavy atom. The highest BCUT2D eigenvalue weighted by atomic mass is 16.5. The van der Waals surface area contributed by atoms with Crippen molar-refractivity contribution in [3.63, 3.8) is 0 Å². The van der Waals surface area contributed by atoms with Crippen molar-refractivity contribution in [2.24, 2.45) is 0 Å². The predicted molar refractivity (Wildman–Crippen MR) is 110 cm³/mol. The van der Waals surface area contributed by atoms with Gasteiger partial charge in [0.05, 0.1) is 6.54 Å². The fourth-order valence-electron chi connectivity index (χ4n) is 2.81. The SMILES string of the molecule is Cc1cccc(C)c1NC(=O)CNc1cccc(OCc2ccccc2)c1. The molecule has 0 aliphatic heterocycles. The van der Waals surface area contributed by atoms with Crippen LogP contribution in [-0.4, -0.2) is 12.5 Å². The molecule has 0 aliphatic carbocycles. The van der Waals surface area contributed by atoms with Gasteiger partial charge in [0.2, 0.25) is 5.91 Å². The third-order valence-corrected chi connectivity index (χ3v) is 4.28. The Balaban J connectivity index is 1.54. The molecule has 0 atom stereocenters. The van der Waals surface area contributed by atoms with Gasteiger partial charge in [-0.1, -0.05) is 54.6 Å². The summed E-state index contributed by atoms with van der Waals surface area (Å²) in [5, 5.41) is 6.13. The fraction of sp³-hybridized carbons (Fsp3) is 0.174. The Bertz CT molecular complexity index is 887. The average Bonchev–Trinajstić information content (AvgIpc) is 2.69. The van der Waals surface area contributed by atoms with E-state index in [1.807, 2.05) is 86.6 Å². The number of carbonyl (C=O) groups is 1. The second-order valence-corrected chi connectivity index (χ2v) is 6.47. The van der Waals surface area contributed by atoms with Crippen LogP contribution in [0.1, 0.15) is 16.7 Å². The lowest BCUT2D eigenvalue weighted by Crippen LogP contribution is -2.22. The number of aryl methyl sites for hydroxylation is 2. The molecule has 3 aromatic carbocycles. The molecule has 138 valence electrons. The van der Waals surface area contributed by atoms with E-state index in [9.17, 15) is 4.79 Å². The number of para-hydroxylation sites is 1. The number of nitrogens with one attached hydrogen (secondary N) is 2. The van der Waals surface area contributed by atoms with Gasteiger partial charge in [0, 0.05) is 17.4 Å². The molecule has 3 rings (SSSR count). The first kappa shape index (κ1) is 18.5. The van der Waals surface area contributed by atoms with Gasteiger partial charge in [-0.15, -0.1) is 0 Å². The Hall–Kier alpha value is -3.27. The molecule has 0 aromatic heterocycles. The molecule has 0 unspecified atom stereocenters. The highest BCUT2D eigenvalue weighted by Gasteiger charge is 2.07. The van der Waals surface area contributed by atoms with Gasteiger partial charge in [0.15, 0.2) is 0 Å². The van der Waals surface area contributed by atoms with Crippen molar-refractivity contribution in [2.75, 3.05) is 17.2 Å². The lowest BCUT2D eigenvalue weighted by atomic mass is 10.1. The van der Waals surface area contributed by atoms with E-state index >= 15 is 0 Å². The van der Waals surface area contributed by atoms with E-state index in [1.165, 1.54) is 0 Å². The molecule has 0 spiro atoms. The minimum Gasteiger partial charge on any atom is -0.489 e. The monoisotopic (exact) mass is 360 g/mol. The van der Waals surface area contributed by atoms with Gasteiger partial charge in [-0.2, -0.15) is 0 Å². The van der Waals surface area contributed by atoms with Crippen molar-refractivity contribution in [2.45, 2.75) is 20.5 Å². The molecule has 0 saturated carbocycles. The summed E-state index contributed by atoms with van der Waals surface area (Å²) in [4.78, 5) is 12.3. The predicted octanol–water partition coefficient (Wildman–Crippen LogP) is 4.93. The minimum absolute atomic E-state index is 0.0805. The quantitative estimate of drug-likeness (QED) is 0.628. The van der Waals surface area contributed by atoms with Crippen LogP contribution in [0, 0.1) is 13.8 Å². The van der Waals surface area contributed by atoms with Gasteiger partial charge in [-0.05, 0) is 42.7 Å². The minimum atomic E-state index is -0.0805. The van der Waals surface area contributed by atoms with Crippen LogP contribution in [0.3, 0.4) is 0 Å². The maximum absolute atomic E-state index is 12.3. The van der Waals surface area contributed by atoms with Crippen LogP contribution in [0.4, 0.5) is 11.4 Å². The van der Waals surface area contributed by atoms with Crippen LogP contribution in [0.25, 0.3) is 0 Å².